The Kier molecular flexibility index (Phi) is 7.84. The number of hydrogen-bond donors (Lipinski definition) is 1. The fourth-order valence-corrected chi connectivity index (χ4v) is 4.82. The summed E-state index contributed by atoms with van der Waals surface area (Å²) in [6.45, 7) is 1.33. The number of morpholine rings is 1. The molecule has 172 valence electrons. The van der Waals surface area contributed by atoms with Gasteiger partial charge in [-0.1, -0.05) is 6.07 Å². The van der Waals surface area contributed by atoms with Gasteiger partial charge in [0.2, 0.25) is 15.9 Å². The van der Waals surface area contributed by atoms with Gasteiger partial charge in [0.15, 0.2) is 0 Å². The van der Waals surface area contributed by atoms with Crippen LogP contribution in [-0.2, 0) is 30.7 Å². The van der Waals surface area contributed by atoms with Crippen LogP contribution in [0.15, 0.2) is 47.4 Å². The average Bonchev–Trinajstić information content (AvgIpc) is 2.82. The topological polar surface area (TPSA) is 111 Å². The predicted octanol–water partition coefficient (Wildman–Crippen LogP) is 2.07. The molecule has 0 atom stereocenters. The number of carbonyl (C=O) groups is 2. The van der Waals surface area contributed by atoms with Gasteiger partial charge in [0, 0.05) is 25.2 Å². The molecule has 1 N–H and O–H groups in total. The first-order chi connectivity index (χ1) is 15.3. The van der Waals surface area contributed by atoms with Gasteiger partial charge >= 0.3 is 5.97 Å². The second-order valence-electron chi connectivity index (χ2n) is 7.11. The first-order valence-corrected chi connectivity index (χ1v) is 11.5. The third-order valence-electron chi connectivity index (χ3n) is 5.05. The monoisotopic (exact) mass is 462 g/mol. The molecule has 1 fully saturated rings. The molecule has 3 rings (SSSR count). The van der Waals surface area contributed by atoms with Crippen molar-refractivity contribution in [2.75, 3.05) is 45.8 Å². The molecular formula is C22H26N2O7S. The average molecular weight is 463 g/mol. The van der Waals surface area contributed by atoms with Crippen LogP contribution in [0.1, 0.15) is 22.3 Å². The lowest BCUT2D eigenvalue weighted by molar-refractivity contribution is -0.116. The van der Waals surface area contributed by atoms with Gasteiger partial charge in [0.25, 0.3) is 0 Å². The Bertz CT molecular complexity index is 1080. The molecule has 0 aromatic heterocycles. The highest BCUT2D eigenvalue weighted by Gasteiger charge is 2.27. The highest BCUT2D eigenvalue weighted by Crippen LogP contribution is 2.26. The van der Waals surface area contributed by atoms with Gasteiger partial charge in [-0.2, -0.15) is 4.31 Å². The maximum Gasteiger partial charge on any atom is 0.337 e. The van der Waals surface area contributed by atoms with E-state index in [-0.39, 0.29) is 23.6 Å². The third-order valence-corrected chi connectivity index (χ3v) is 6.94. The number of benzene rings is 2. The number of amides is 1. The number of anilines is 1. The van der Waals surface area contributed by atoms with Crippen LogP contribution in [0.4, 0.5) is 5.69 Å². The van der Waals surface area contributed by atoms with E-state index in [0.29, 0.717) is 48.9 Å². The van der Waals surface area contributed by atoms with Gasteiger partial charge in [-0.15, -0.1) is 0 Å². The van der Waals surface area contributed by atoms with E-state index in [0.717, 1.165) is 0 Å². The molecule has 2 aromatic rings. The molecule has 0 unspecified atom stereocenters. The second kappa shape index (κ2) is 10.6. The lowest BCUT2D eigenvalue weighted by atomic mass is 10.1. The van der Waals surface area contributed by atoms with E-state index in [1.54, 1.807) is 30.3 Å². The molecule has 1 aliphatic rings. The largest absolute Gasteiger partial charge is 0.496 e. The van der Waals surface area contributed by atoms with Crippen molar-refractivity contribution in [3.05, 3.63) is 53.6 Å². The lowest BCUT2D eigenvalue weighted by Gasteiger charge is -2.26. The smallest absolute Gasteiger partial charge is 0.337 e. The van der Waals surface area contributed by atoms with Crippen molar-refractivity contribution in [2.24, 2.45) is 0 Å². The van der Waals surface area contributed by atoms with Gasteiger partial charge in [0.1, 0.15) is 5.75 Å². The molecule has 32 heavy (non-hydrogen) atoms. The van der Waals surface area contributed by atoms with Crippen LogP contribution >= 0.6 is 0 Å². The van der Waals surface area contributed by atoms with Crippen LogP contribution in [0, 0.1) is 0 Å². The van der Waals surface area contributed by atoms with E-state index in [9.17, 15) is 18.0 Å². The van der Waals surface area contributed by atoms with Crippen LogP contribution in [0.3, 0.4) is 0 Å². The second-order valence-corrected chi connectivity index (χ2v) is 9.05. The highest BCUT2D eigenvalue weighted by molar-refractivity contribution is 7.89. The number of aryl methyl sites for hydroxylation is 1. The van der Waals surface area contributed by atoms with Crippen molar-refractivity contribution in [3.8, 4) is 5.75 Å². The van der Waals surface area contributed by atoms with Gasteiger partial charge in [0.05, 0.1) is 37.9 Å². The third kappa shape index (κ3) is 5.64. The van der Waals surface area contributed by atoms with Gasteiger partial charge < -0.3 is 19.5 Å². The maximum absolute atomic E-state index is 12.9. The molecule has 1 saturated heterocycles. The van der Waals surface area contributed by atoms with Crippen molar-refractivity contribution < 1.29 is 32.2 Å². The Labute approximate surface area is 187 Å². The summed E-state index contributed by atoms with van der Waals surface area (Å²) in [7, 11) is -0.879. The first kappa shape index (κ1) is 23.7. The van der Waals surface area contributed by atoms with E-state index < -0.39 is 16.0 Å². The number of ether oxygens (including phenoxy) is 3. The summed E-state index contributed by atoms with van der Waals surface area (Å²) in [6.07, 6.45) is 0.373. The normalized spacial score (nSPS) is 14.6. The molecule has 1 aliphatic heterocycles. The fraction of sp³-hybridized carbons (Fsp3) is 0.364. The van der Waals surface area contributed by atoms with Crippen molar-refractivity contribution in [1.29, 1.82) is 0 Å². The number of sulfonamides is 1. The van der Waals surface area contributed by atoms with Crippen LogP contribution in [-0.4, -0.2) is 65.1 Å². The van der Waals surface area contributed by atoms with Gasteiger partial charge in [-0.3, -0.25) is 4.79 Å². The van der Waals surface area contributed by atoms with E-state index in [2.05, 4.69) is 10.1 Å². The molecule has 1 heterocycles. The lowest BCUT2D eigenvalue weighted by Crippen LogP contribution is -2.40. The van der Waals surface area contributed by atoms with Crippen molar-refractivity contribution >= 4 is 27.6 Å². The van der Waals surface area contributed by atoms with Gasteiger partial charge in [-0.25, -0.2) is 13.2 Å². The van der Waals surface area contributed by atoms with E-state index in [4.69, 9.17) is 9.47 Å². The molecular weight excluding hydrogens is 436 g/mol. The molecule has 10 heteroatoms. The molecule has 2 aromatic carbocycles. The zero-order valence-electron chi connectivity index (χ0n) is 18.0. The Hall–Kier alpha value is -2.95. The molecule has 1 amide bonds. The highest BCUT2D eigenvalue weighted by atomic mass is 32.2. The molecule has 0 bridgehead atoms. The Morgan fingerprint density at radius 2 is 1.84 bits per heavy atom. The predicted molar refractivity (Wildman–Crippen MR) is 117 cm³/mol. The first-order valence-electron chi connectivity index (χ1n) is 10.1. The van der Waals surface area contributed by atoms with E-state index >= 15 is 0 Å². The minimum Gasteiger partial charge on any atom is -0.496 e. The summed E-state index contributed by atoms with van der Waals surface area (Å²) in [5.41, 5.74) is 1.40. The summed E-state index contributed by atoms with van der Waals surface area (Å²) >= 11 is 0. The van der Waals surface area contributed by atoms with E-state index in [1.165, 1.54) is 30.7 Å². The number of nitrogens with zero attached hydrogens (tertiary/aromatic N) is 1. The molecule has 9 nitrogen and oxygen atoms in total. The van der Waals surface area contributed by atoms with Gasteiger partial charge in [-0.05, 0) is 48.4 Å². The number of carbonyl (C=O) groups excluding carboxylic acids is 2. The summed E-state index contributed by atoms with van der Waals surface area (Å²) in [5.74, 6) is -0.272. The minimum absolute atomic E-state index is 0.0971. The summed E-state index contributed by atoms with van der Waals surface area (Å²) in [5, 5.41) is 2.74. The Morgan fingerprint density at radius 1 is 1.09 bits per heavy atom. The fourth-order valence-electron chi connectivity index (χ4n) is 3.36. The molecule has 0 aliphatic carbocycles. The number of methoxy groups -OCH3 is 2. The Morgan fingerprint density at radius 3 is 2.53 bits per heavy atom. The standard InChI is InChI=1S/C22H26N2O7S/c1-29-20-8-7-19(32(27,28)24-10-12-31-13-11-24)15-16(20)6-9-21(25)23-18-5-3-4-17(14-18)22(26)30-2/h3-5,7-8,14-15H,6,9-13H2,1-2H3,(H,23,25). The van der Waals surface area contributed by atoms with Crippen molar-refractivity contribution in [2.45, 2.75) is 17.7 Å². The van der Waals surface area contributed by atoms with Crippen LogP contribution in [0.5, 0.6) is 5.75 Å². The number of nitrogens with one attached hydrogen (secondary N) is 1. The zero-order chi connectivity index (χ0) is 23.1. The maximum atomic E-state index is 12.9. The van der Waals surface area contributed by atoms with Crippen LogP contribution in [0.25, 0.3) is 0 Å². The molecule has 0 spiro atoms. The zero-order valence-corrected chi connectivity index (χ0v) is 18.8. The number of esters is 1. The summed E-state index contributed by atoms with van der Waals surface area (Å²) < 4.78 is 42.5. The van der Waals surface area contributed by atoms with E-state index in [1.807, 2.05) is 0 Å². The SMILES string of the molecule is COC(=O)c1cccc(NC(=O)CCc2cc(S(=O)(=O)N3CCOCC3)ccc2OC)c1. The summed E-state index contributed by atoms with van der Waals surface area (Å²) in [4.78, 5) is 24.3. The number of rotatable bonds is 8. The molecule has 0 saturated carbocycles. The number of hydrogen-bond acceptors (Lipinski definition) is 7. The van der Waals surface area contributed by atoms with Crippen molar-refractivity contribution in [3.63, 3.8) is 0 Å². The Balaban J connectivity index is 1.70. The van der Waals surface area contributed by atoms with Crippen LogP contribution < -0.4 is 10.1 Å². The minimum atomic E-state index is -3.66. The van der Waals surface area contributed by atoms with Crippen molar-refractivity contribution in [1.82, 2.24) is 4.31 Å². The van der Waals surface area contributed by atoms with Crippen LogP contribution in [0.2, 0.25) is 0 Å². The quantitative estimate of drug-likeness (QED) is 0.598. The summed E-state index contributed by atoms with van der Waals surface area (Å²) in [6, 6.07) is 11.1. The molecule has 0 radical (unpaired) electrons.